The van der Waals surface area contributed by atoms with Crippen molar-refractivity contribution in [2.75, 3.05) is 11.9 Å². The van der Waals surface area contributed by atoms with Crippen LogP contribution in [-0.2, 0) is 0 Å². The molecule has 4 heteroatoms. The van der Waals surface area contributed by atoms with E-state index >= 15 is 0 Å². The molecule has 2 nitrogen and oxygen atoms in total. The van der Waals surface area contributed by atoms with Crippen molar-refractivity contribution >= 4 is 21.6 Å². The fraction of sp³-hybridized carbons (Fsp3) is 0.294. The van der Waals surface area contributed by atoms with Gasteiger partial charge in [-0.05, 0) is 51.2 Å². The Bertz CT molecular complexity index is 598. The summed E-state index contributed by atoms with van der Waals surface area (Å²) >= 11 is 3.29. The third kappa shape index (κ3) is 4.29. The maximum absolute atomic E-state index is 13.0. The van der Waals surface area contributed by atoms with Gasteiger partial charge in [-0.3, -0.25) is 0 Å². The zero-order valence-electron chi connectivity index (χ0n) is 12.1. The van der Waals surface area contributed by atoms with E-state index in [1.54, 1.807) is 6.07 Å². The Morgan fingerprint density at radius 1 is 1.10 bits per heavy atom. The highest BCUT2D eigenvalue weighted by atomic mass is 79.9. The van der Waals surface area contributed by atoms with E-state index in [9.17, 15) is 9.50 Å². The summed E-state index contributed by atoms with van der Waals surface area (Å²) in [7, 11) is 0. The summed E-state index contributed by atoms with van der Waals surface area (Å²) in [6.07, 6.45) is -0.608. The lowest BCUT2D eigenvalue weighted by Gasteiger charge is -2.15. The predicted molar refractivity (Wildman–Crippen MR) is 88.1 cm³/mol. The number of aliphatic hydroxyl groups excluding tert-OH is 1. The van der Waals surface area contributed by atoms with Crippen molar-refractivity contribution in [1.29, 1.82) is 0 Å². The first kappa shape index (κ1) is 16.0. The summed E-state index contributed by atoms with van der Waals surface area (Å²) in [6.45, 7) is 4.64. The first-order valence-electron chi connectivity index (χ1n) is 6.94. The van der Waals surface area contributed by atoms with Gasteiger partial charge < -0.3 is 10.4 Å². The Kier molecular flexibility index (Phi) is 5.37. The zero-order chi connectivity index (χ0) is 15.4. The molecule has 0 aliphatic heterocycles. The molecule has 0 aromatic heterocycles. The van der Waals surface area contributed by atoms with E-state index < -0.39 is 6.10 Å². The molecule has 2 aromatic carbocycles. The first-order valence-corrected chi connectivity index (χ1v) is 7.73. The van der Waals surface area contributed by atoms with E-state index in [-0.39, 0.29) is 5.82 Å². The van der Waals surface area contributed by atoms with Crippen molar-refractivity contribution in [3.05, 3.63) is 63.9 Å². The molecule has 1 atom stereocenters. The molecular weight excluding hydrogens is 333 g/mol. The molecule has 0 fully saturated rings. The van der Waals surface area contributed by atoms with Gasteiger partial charge in [0.1, 0.15) is 5.82 Å². The average Bonchev–Trinajstić information content (AvgIpc) is 2.46. The van der Waals surface area contributed by atoms with Gasteiger partial charge in [-0.15, -0.1) is 0 Å². The van der Waals surface area contributed by atoms with Crippen LogP contribution in [0.4, 0.5) is 10.1 Å². The zero-order valence-corrected chi connectivity index (χ0v) is 13.7. The number of rotatable bonds is 5. The molecule has 2 aromatic rings. The topological polar surface area (TPSA) is 32.3 Å². The molecule has 112 valence electrons. The largest absolute Gasteiger partial charge is 0.387 e. The second-order valence-corrected chi connectivity index (χ2v) is 6.20. The predicted octanol–water partition coefficient (Wildman–Crippen LogP) is 4.86. The van der Waals surface area contributed by atoms with E-state index in [1.807, 2.05) is 24.3 Å². The monoisotopic (exact) mass is 351 g/mol. The molecule has 0 aliphatic rings. The smallest absolute Gasteiger partial charge is 0.124 e. The van der Waals surface area contributed by atoms with Gasteiger partial charge in [-0.2, -0.15) is 0 Å². The van der Waals surface area contributed by atoms with Crippen molar-refractivity contribution in [2.24, 2.45) is 0 Å². The van der Waals surface area contributed by atoms with Gasteiger partial charge in [0.25, 0.3) is 0 Å². The number of halogens is 2. The number of nitrogens with one attached hydrogen (secondary N) is 1. The summed E-state index contributed by atoms with van der Waals surface area (Å²) in [6, 6.07) is 12.4. The molecular formula is C17H19BrFNO. The molecule has 0 bridgehead atoms. The molecule has 0 saturated heterocycles. The maximum Gasteiger partial charge on any atom is 0.124 e. The third-order valence-corrected chi connectivity index (χ3v) is 4.06. The van der Waals surface area contributed by atoms with Crippen molar-refractivity contribution in [3.63, 3.8) is 0 Å². The molecule has 2 rings (SSSR count). The Labute approximate surface area is 133 Å². The Morgan fingerprint density at radius 2 is 1.71 bits per heavy atom. The number of aliphatic hydroxyl groups is 1. The van der Waals surface area contributed by atoms with Crippen molar-refractivity contribution in [3.8, 4) is 0 Å². The van der Waals surface area contributed by atoms with Gasteiger partial charge in [0.05, 0.1) is 6.10 Å². The number of anilines is 1. The van der Waals surface area contributed by atoms with E-state index in [1.165, 1.54) is 17.7 Å². The van der Waals surface area contributed by atoms with Crippen LogP contribution < -0.4 is 5.32 Å². The van der Waals surface area contributed by atoms with Crippen molar-refractivity contribution < 1.29 is 9.50 Å². The number of benzene rings is 2. The summed E-state index contributed by atoms with van der Waals surface area (Å²) in [5.41, 5.74) is 2.87. The minimum absolute atomic E-state index is 0.294. The van der Waals surface area contributed by atoms with Crippen LogP contribution in [0.5, 0.6) is 0 Å². The summed E-state index contributed by atoms with van der Waals surface area (Å²) in [4.78, 5) is 0. The standard InChI is InChI=1S/C17H19BrFNO/c1-11(2)12-3-5-13(6-4-12)17(21)10-20-16-8-7-14(19)9-15(16)18/h3-9,11,17,20-21H,10H2,1-2H3. The lowest BCUT2D eigenvalue weighted by molar-refractivity contribution is 0.191. The van der Waals surface area contributed by atoms with Gasteiger partial charge in [0, 0.05) is 16.7 Å². The molecule has 0 heterocycles. The molecule has 0 saturated carbocycles. The minimum Gasteiger partial charge on any atom is -0.387 e. The molecule has 0 aliphatic carbocycles. The minimum atomic E-state index is -0.608. The fourth-order valence-electron chi connectivity index (χ4n) is 2.06. The molecule has 1 unspecified atom stereocenters. The lowest BCUT2D eigenvalue weighted by Crippen LogP contribution is -2.12. The Morgan fingerprint density at radius 3 is 2.29 bits per heavy atom. The molecule has 0 spiro atoms. The van der Waals surface area contributed by atoms with Gasteiger partial charge in [-0.25, -0.2) is 4.39 Å². The van der Waals surface area contributed by atoms with Crippen LogP contribution in [0.1, 0.15) is 37.0 Å². The highest BCUT2D eigenvalue weighted by Crippen LogP contribution is 2.24. The van der Waals surface area contributed by atoms with E-state index in [2.05, 4.69) is 35.1 Å². The summed E-state index contributed by atoms with van der Waals surface area (Å²) in [5, 5.41) is 13.3. The number of hydrogen-bond acceptors (Lipinski definition) is 2. The first-order chi connectivity index (χ1) is 9.97. The van der Waals surface area contributed by atoms with Crippen LogP contribution in [0.25, 0.3) is 0 Å². The maximum atomic E-state index is 13.0. The van der Waals surface area contributed by atoms with Gasteiger partial charge in [0.15, 0.2) is 0 Å². The lowest BCUT2D eigenvalue weighted by atomic mass is 10.00. The van der Waals surface area contributed by atoms with Crippen molar-refractivity contribution in [1.82, 2.24) is 0 Å². The van der Waals surface area contributed by atoms with Crippen LogP contribution in [0, 0.1) is 5.82 Å². The summed E-state index contributed by atoms with van der Waals surface area (Å²) in [5.74, 6) is 0.182. The molecule has 21 heavy (non-hydrogen) atoms. The second-order valence-electron chi connectivity index (χ2n) is 5.34. The highest BCUT2D eigenvalue weighted by molar-refractivity contribution is 9.10. The van der Waals surface area contributed by atoms with E-state index in [0.29, 0.717) is 16.9 Å². The Balaban J connectivity index is 1.99. The molecule has 2 N–H and O–H groups in total. The van der Waals surface area contributed by atoms with Gasteiger partial charge in [-0.1, -0.05) is 38.1 Å². The van der Waals surface area contributed by atoms with Crippen LogP contribution in [0.15, 0.2) is 46.9 Å². The van der Waals surface area contributed by atoms with E-state index in [0.717, 1.165) is 11.3 Å². The van der Waals surface area contributed by atoms with Crippen molar-refractivity contribution in [2.45, 2.75) is 25.9 Å². The quantitative estimate of drug-likeness (QED) is 0.806. The normalized spacial score (nSPS) is 12.5. The van der Waals surface area contributed by atoms with Gasteiger partial charge >= 0.3 is 0 Å². The SMILES string of the molecule is CC(C)c1ccc(C(O)CNc2ccc(F)cc2Br)cc1. The Hall–Kier alpha value is -1.39. The fourth-order valence-corrected chi connectivity index (χ4v) is 2.55. The van der Waals surface area contributed by atoms with E-state index in [4.69, 9.17) is 0 Å². The average molecular weight is 352 g/mol. The van der Waals surface area contributed by atoms with Crippen LogP contribution >= 0.6 is 15.9 Å². The third-order valence-electron chi connectivity index (χ3n) is 3.40. The van der Waals surface area contributed by atoms with Gasteiger partial charge in [0.2, 0.25) is 0 Å². The number of hydrogen-bond donors (Lipinski definition) is 2. The van der Waals surface area contributed by atoms with Crippen LogP contribution in [0.2, 0.25) is 0 Å². The molecule has 0 amide bonds. The highest BCUT2D eigenvalue weighted by Gasteiger charge is 2.09. The summed E-state index contributed by atoms with van der Waals surface area (Å²) < 4.78 is 13.7. The molecule has 0 radical (unpaired) electrons. The van der Waals surface area contributed by atoms with Crippen LogP contribution in [0.3, 0.4) is 0 Å². The van der Waals surface area contributed by atoms with Crippen LogP contribution in [-0.4, -0.2) is 11.7 Å². The second kappa shape index (κ2) is 7.05.